The van der Waals surface area contributed by atoms with Crippen LogP contribution in [0.15, 0.2) is 60.8 Å². The van der Waals surface area contributed by atoms with E-state index >= 15 is 0 Å². The van der Waals surface area contributed by atoms with E-state index in [1.165, 1.54) is 109 Å². The van der Waals surface area contributed by atoms with Crippen molar-refractivity contribution in [3.05, 3.63) is 60.8 Å². The van der Waals surface area contributed by atoms with E-state index in [9.17, 15) is 30.3 Å². The predicted molar refractivity (Wildman–Crippen MR) is 253 cm³/mol. The monoisotopic (exact) mass is 860 g/mol. The molecule has 1 aliphatic heterocycles. The molecule has 9 heteroatoms. The highest BCUT2D eigenvalue weighted by molar-refractivity contribution is 5.76. The van der Waals surface area contributed by atoms with Crippen molar-refractivity contribution in [1.82, 2.24) is 5.32 Å². The van der Waals surface area contributed by atoms with E-state index in [-0.39, 0.29) is 12.5 Å². The number of amides is 1. The van der Waals surface area contributed by atoms with E-state index in [1.54, 1.807) is 6.08 Å². The molecule has 9 nitrogen and oxygen atoms in total. The Morgan fingerprint density at radius 1 is 0.574 bits per heavy atom. The smallest absolute Gasteiger partial charge is 0.220 e. The molecule has 1 aliphatic rings. The molecule has 0 aromatic heterocycles. The Kier molecular flexibility index (Phi) is 39.1. The van der Waals surface area contributed by atoms with Crippen molar-refractivity contribution in [1.29, 1.82) is 0 Å². The number of rotatable bonds is 41. The predicted octanol–water partition coefficient (Wildman–Crippen LogP) is 11.2. The van der Waals surface area contributed by atoms with E-state index in [2.05, 4.69) is 67.8 Å². The van der Waals surface area contributed by atoms with Gasteiger partial charge in [0.1, 0.15) is 24.4 Å². The Morgan fingerprint density at radius 3 is 1.57 bits per heavy atom. The van der Waals surface area contributed by atoms with E-state index in [4.69, 9.17) is 9.47 Å². The highest BCUT2D eigenvalue weighted by atomic mass is 16.7. The zero-order chi connectivity index (χ0) is 44.4. The number of hydrogen-bond acceptors (Lipinski definition) is 8. The first-order valence-electron chi connectivity index (χ1n) is 25.0. The number of allylic oxidation sites excluding steroid dienone is 9. The molecular formula is C52H93NO8. The first-order chi connectivity index (χ1) is 29.8. The topological polar surface area (TPSA) is 149 Å². The minimum absolute atomic E-state index is 0.205. The highest BCUT2D eigenvalue weighted by Gasteiger charge is 2.44. The standard InChI is InChI=1S/C52H93NO8/c1-3-5-7-9-11-13-15-17-19-20-21-22-23-24-25-26-28-29-31-33-35-37-39-41-46(55)45(44-60-52-51(59)50(58)49(57)47(43-54)61-52)53-48(56)42-40-38-36-34-32-30-27-18-16-14-12-10-8-6-4-2/h6,8,12,14,18,27,31,33,39,41,45-47,49-52,54-55,57-59H,3-5,7,9-11,13,15-17,19-26,28-30,32,34-38,40,42-44H2,1-2H3,(H,53,56)/b8-6-,14-12-,27-18-,33-31+,41-39+. The maximum atomic E-state index is 13.0. The molecule has 61 heavy (non-hydrogen) atoms. The fourth-order valence-corrected chi connectivity index (χ4v) is 7.60. The largest absolute Gasteiger partial charge is 0.394 e. The third kappa shape index (κ3) is 32.2. The second-order valence-electron chi connectivity index (χ2n) is 17.2. The van der Waals surface area contributed by atoms with Crippen molar-refractivity contribution in [3.8, 4) is 0 Å². The fourth-order valence-electron chi connectivity index (χ4n) is 7.60. The quantitative estimate of drug-likeness (QED) is 0.0263. The van der Waals surface area contributed by atoms with Gasteiger partial charge >= 0.3 is 0 Å². The minimum Gasteiger partial charge on any atom is -0.394 e. The average molecular weight is 860 g/mol. The number of ether oxygens (including phenoxy) is 2. The summed E-state index contributed by atoms with van der Waals surface area (Å²) >= 11 is 0. The third-order valence-corrected chi connectivity index (χ3v) is 11.6. The van der Waals surface area contributed by atoms with Crippen LogP contribution < -0.4 is 5.32 Å². The van der Waals surface area contributed by atoms with Gasteiger partial charge in [-0.1, -0.05) is 197 Å². The number of nitrogens with one attached hydrogen (secondary N) is 1. The Labute approximate surface area is 373 Å². The Bertz CT molecular complexity index is 1140. The van der Waals surface area contributed by atoms with Crippen LogP contribution in [0.4, 0.5) is 0 Å². The van der Waals surface area contributed by atoms with E-state index in [1.807, 2.05) is 6.08 Å². The summed E-state index contributed by atoms with van der Waals surface area (Å²) in [5, 5.41) is 54.3. The highest BCUT2D eigenvalue weighted by Crippen LogP contribution is 2.22. The molecule has 354 valence electrons. The lowest BCUT2D eigenvalue weighted by Crippen LogP contribution is -2.60. The number of unbranched alkanes of at least 4 members (excludes halogenated alkanes) is 23. The van der Waals surface area contributed by atoms with Gasteiger partial charge in [0.25, 0.3) is 0 Å². The number of hydrogen-bond donors (Lipinski definition) is 6. The first-order valence-corrected chi connectivity index (χ1v) is 25.0. The molecule has 0 bridgehead atoms. The molecule has 0 aliphatic carbocycles. The first kappa shape index (κ1) is 56.9. The molecule has 6 N–H and O–H groups in total. The molecule has 1 fully saturated rings. The van der Waals surface area contributed by atoms with Crippen molar-refractivity contribution in [2.24, 2.45) is 0 Å². The number of aliphatic hydroxyl groups excluding tert-OH is 5. The van der Waals surface area contributed by atoms with Gasteiger partial charge in [-0.15, -0.1) is 0 Å². The van der Waals surface area contributed by atoms with E-state index in [0.29, 0.717) is 6.42 Å². The molecule has 1 rings (SSSR count). The molecule has 1 saturated heterocycles. The zero-order valence-corrected chi connectivity index (χ0v) is 38.9. The van der Waals surface area contributed by atoms with Crippen molar-refractivity contribution >= 4 is 5.91 Å². The van der Waals surface area contributed by atoms with Gasteiger partial charge < -0.3 is 40.3 Å². The van der Waals surface area contributed by atoms with Crippen LogP contribution in [0, 0.1) is 0 Å². The van der Waals surface area contributed by atoms with Crippen molar-refractivity contribution in [2.45, 2.75) is 249 Å². The second kappa shape index (κ2) is 41.9. The van der Waals surface area contributed by atoms with Crippen LogP contribution in [-0.4, -0.2) is 87.5 Å². The molecular weight excluding hydrogens is 767 g/mol. The van der Waals surface area contributed by atoms with Crippen LogP contribution in [0.25, 0.3) is 0 Å². The number of aliphatic hydroxyl groups is 5. The number of carbonyl (C=O) groups is 1. The minimum atomic E-state index is -1.58. The SMILES string of the molecule is CC/C=C\C/C=C\C/C=C\CCCCCCCC(=O)NC(COC1OC(CO)C(O)C(O)C1O)C(O)/C=C/CC/C=C/CCCCCCCCCCCCCCCCCCC. The zero-order valence-electron chi connectivity index (χ0n) is 38.9. The average Bonchev–Trinajstić information content (AvgIpc) is 3.26. The van der Waals surface area contributed by atoms with Crippen LogP contribution in [0.3, 0.4) is 0 Å². The summed E-state index contributed by atoms with van der Waals surface area (Å²) in [4.78, 5) is 13.0. The fraction of sp³-hybridized carbons (Fsp3) is 0.788. The van der Waals surface area contributed by atoms with Gasteiger partial charge in [-0.3, -0.25) is 4.79 Å². The summed E-state index contributed by atoms with van der Waals surface area (Å²) in [6.45, 7) is 3.64. The molecule has 1 amide bonds. The Morgan fingerprint density at radius 2 is 1.03 bits per heavy atom. The van der Waals surface area contributed by atoms with Gasteiger partial charge in [0.15, 0.2) is 6.29 Å². The van der Waals surface area contributed by atoms with Gasteiger partial charge in [-0.25, -0.2) is 0 Å². The lowest BCUT2D eigenvalue weighted by Gasteiger charge is -2.40. The molecule has 7 atom stereocenters. The van der Waals surface area contributed by atoms with Crippen molar-refractivity contribution in [2.75, 3.05) is 13.2 Å². The maximum Gasteiger partial charge on any atom is 0.220 e. The lowest BCUT2D eigenvalue weighted by atomic mass is 9.99. The van der Waals surface area contributed by atoms with Crippen LogP contribution >= 0.6 is 0 Å². The molecule has 0 aromatic carbocycles. The summed E-state index contributed by atoms with van der Waals surface area (Å²) in [6.07, 6.45) is 48.5. The molecule has 0 aromatic rings. The summed E-state index contributed by atoms with van der Waals surface area (Å²) in [7, 11) is 0. The Balaban J connectivity index is 2.33. The summed E-state index contributed by atoms with van der Waals surface area (Å²) in [5.74, 6) is -0.205. The molecule has 0 spiro atoms. The van der Waals surface area contributed by atoms with E-state index in [0.717, 1.165) is 77.0 Å². The van der Waals surface area contributed by atoms with Crippen LogP contribution in [0.2, 0.25) is 0 Å². The van der Waals surface area contributed by atoms with Crippen LogP contribution in [0.1, 0.15) is 206 Å². The summed E-state index contributed by atoms with van der Waals surface area (Å²) < 4.78 is 11.2. The van der Waals surface area contributed by atoms with Crippen LogP contribution in [0.5, 0.6) is 0 Å². The molecule has 0 radical (unpaired) electrons. The van der Waals surface area contributed by atoms with E-state index < -0.39 is 49.5 Å². The maximum absolute atomic E-state index is 13.0. The van der Waals surface area contributed by atoms with Crippen molar-refractivity contribution in [3.63, 3.8) is 0 Å². The van der Waals surface area contributed by atoms with Gasteiger partial charge in [0, 0.05) is 6.42 Å². The normalized spacial score (nSPS) is 20.9. The molecule has 0 saturated carbocycles. The molecule has 1 heterocycles. The molecule has 7 unspecified atom stereocenters. The third-order valence-electron chi connectivity index (χ3n) is 11.6. The van der Waals surface area contributed by atoms with Gasteiger partial charge in [-0.2, -0.15) is 0 Å². The Hall–Kier alpha value is -2.11. The van der Waals surface area contributed by atoms with Gasteiger partial charge in [0.05, 0.1) is 25.4 Å². The summed E-state index contributed by atoms with van der Waals surface area (Å²) in [5.41, 5.74) is 0. The lowest BCUT2D eigenvalue weighted by molar-refractivity contribution is -0.302. The summed E-state index contributed by atoms with van der Waals surface area (Å²) in [6, 6.07) is -0.833. The number of carbonyl (C=O) groups excluding carboxylic acids is 1. The second-order valence-corrected chi connectivity index (χ2v) is 17.2. The van der Waals surface area contributed by atoms with Crippen molar-refractivity contribution < 1.29 is 39.8 Å². The van der Waals surface area contributed by atoms with Crippen LogP contribution in [-0.2, 0) is 14.3 Å². The van der Waals surface area contributed by atoms with Gasteiger partial charge in [-0.05, 0) is 64.2 Å². The van der Waals surface area contributed by atoms with Gasteiger partial charge in [0.2, 0.25) is 5.91 Å².